The molecule has 5 atom stereocenters. The van der Waals surface area contributed by atoms with E-state index in [-0.39, 0.29) is 31.4 Å². The molecule has 0 radical (unpaired) electrons. The van der Waals surface area contributed by atoms with Gasteiger partial charge in [0.1, 0.15) is 23.6 Å². The summed E-state index contributed by atoms with van der Waals surface area (Å²) in [5.41, 5.74) is 2.10. The first-order valence-corrected chi connectivity index (χ1v) is 15.8. The van der Waals surface area contributed by atoms with Gasteiger partial charge < -0.3 is 24.4 Å². The Labute approximate surface area is 246 Å². The molecule has 1 fully saturated rings. The number of hydrogen-bond acceptors (Lipinski definition) is 8. The molecule has 0 bridgehead atoms. The molecule has 0 spiro atoms. The van der Waals surface area contributed by atoms with Crippen LogP contribution in [0.1, 0.15) is 56.8 Å². The van der Waals surface area contributed by atoms with E-state index in [0.29, 0.717) is 13.0 Å². The maximum absolute atomic E-state index is 14.1. The van der Waals surface area contributed by atoms with E-state index in [1.54, 1.807) is 44.7 Å². The lowest BCUT2D eigenvalue weighted by molar-refractivity contribution is -0.163. The molecule has 42 heavy (non-hydrogen) atoms. The van der Waals surface area contributed by atoms with Crippen molar-refractivity contribution in [1.29, 1.82) is 0 Å². The number of halogens is 1. The highest BCUT2D eigenvalue weighted by Crippen LogP contribution is 2.36. The lowest BCUT2D eigenvalue weighted by Crippen LogP contribution is -2.57. The van der Waals surface area contributed by atoms with Gasteiger partial charge in [0.05, 0.1) is 37.7 Å². The van der Waals surface area contributed by atoms with Crippen LogP contribution in [0.2, 0.25) is 0 Å². The summed E-state index contributed by atoms with van der Waals surface area (Å²) in [7, 11) is -3.67. The Morgan fingerprint density at radius 1 is 1.14 bits per heavy atom. The Hall–Kier alpha value is -3.06. The molecule has 12 heteroatoms. The Kier molecular flexibility index (Phi) is 9.92. The van der Waals surface area contributed by atoms with Crippen molar-refractivity contribution in [3.05, 3.63) is 71.0 Å². The second-order valence-corrected chi connectivity index (χ2v) is 13.4. The van der Waals surface area contributed by atoms with Crippen LogP contribution in [0.5, 0.6) is 0 Å². The summed E-state index contributed by atoms with van der Waals surface area (Å²) >= 11 is 0. The zero-order valence-corrected chi connectivity index (χ0v) is 25.4. The van der Waals surface area contributed by atoms with Crippen molar-refractivity contribution in [3.8, 4) is 0 Å². The van der Waals surface area contributed by atoms with Gasteiger partial charge in [-0.05, 0) is 62.9 Å². The number of nitrogens with one attached hydrogen (secondary N) is 1. The molecule has 0 unspecified atom stereocenters. The molecule has 1 saturated heterocycles. The van der Waals surface area contributed by atoms with Gasteiger partial charge >= 0.3 is 6.09 Å². The Morgan fingerprint density at radius 2 is 1.83 bits per heavy atom. The highest BCUT2D eigenvalue weighted by molar-refractivity contribution is 7.85. The minimum atomic E-state index is -3.67. The number of hydrogen-bond donors (Lipinski definition) is 1. The molecule has 0 saturated carbocycles. The molecule has 10 nitrogen and oxygen atoms in total. The molecule has 2 aromatic rings. The monoisotopic (exact) mass is 606 g/mol. The average molecular weight is 607 g/mol. The molecular weight excluding hydrogens is 567 g/mol. The minimum absolute atomic E-state index is 0.0360. The largest absolute Gasteiger partial charge is 0.444 e. The fourth-order valence-corrected chi connectivity index (χ4v) is 5.68. The second kappa shape index (κ2) is 13.1. The zero-order valence-electron chi connectivity index (χ0n) is 24.5. The van der Waals surface area contributed by atoms with Gasteiger partial charge in [-0.15, -0.1) is 0 Å². The molecule has 2 aromatic carbocycles. The molecule has 0 aromatic heterocycles. The predicted octanol–water partition coefficient (Wildman–Crippen LogP) is 3.73. The lowest BCUT2D eigenvalue weighted by atomic mass is 9.87. The fourth-order valence-electron chi connectivity index (χ4n) is 5.25. The van der Waals surface area contributed by atoms with Crippen molar-refractivity contribution >= 4 is 22.1 Å². The van der Waals surface area contributed by atoms with Crippen molar-refractivity contribution in [1.82, 2.24) is 10.2 Å². The fraction of sp³-hybridized carbons (Fsp3) is 0.533. The van der Waals surface area contributed by atoms with Crippen LogP contribution in [0.3, 0.4) is 0 Å². The first-order valence-electron chi connectivity index (χ1n) is 13.9. The standard InChI is InChI=1S/C30H39FN2O8S/c1-19(17-39-42(5,36)37)40-26-18-38-25(16-24(26)32-29(35)41-30(2,3)4)28(34)33-15-14-20-8-6-7-9-23(20)27(33)21-10-12-22(31)13-11-21/h6-13,19,24-27H,14-18H2,1-5H3,(H,32,35)/t19-,24-,25+,26-,27-/m0/s1. The summed E-state index contributed by atoms with van der Waals surface area (Å²) in [4.78, 5) is 28.6. The van der Waals surface area contributed by atoms with Crippen LogP contribution in [0.4, 0.5) is 9.18 Å². The maximum Gasteiger partial charge on any atom is 0.407 e. The molecular formula is C30H39FN2O8S. The van der Waals surface area contributed by atoms with Crippen LogP contribution in [0.15, 0.2) is 48.5 Å². The van der Waals surface area contributed by atoms with Crippen LogP contribution >= 0.6 is 0 Å². The van der Waals surface area contributed by atoms with Crippen LogP contribution in [0.25, 0.3) is 0 Å². The van der Waals surface area contributed by atoms with Crippen LogP contribution in [0, 0.1) is 5.82 Å². The van der Waals surface area contributed by atoms with E-state index in [1.165, 1.54) is 12.1 Å². The van der Waals surface area contributed by atoms with Gasteiger partial charge in [-0.3, -0.25) is 8.98 Å². The summed E-state index contributed by atoms with van der Waals surface area (Å²) in [5, 5.41) is 2.82. The first-order chi connectivity index (χ1) is 19.7. The molecule has 230 valence electrons. The third kappa shape index (κ3) is 8.50. The Morgan fingerprint density at radius 3 is 2.50 bits per heavy atom. The topological polar surface area (TPSA) is 120 Å². The van der Waals surface area contributed by atoms with E-state index in [9.17, 15) is 22.4 Å². The summed E-state index contributed by atoms with van der Waals surface area (Å²) < 4.78 is 59.0. The van der Waals surface area contributed by atoms with Crippen LogP contribution in [-0.2, 0) is 39.7 Å². The molecule has 4 rings (SSSR count). The highest BCUT2D eigenvalue weighted by Gasteiger charge is 2.42. The summed E-state index contributed by atoms with van der Waals surface area (Å²) in [5.74, 6) is -0.628. The summed E-state index contributed by atoms with van der Waals surface area (Å²) in [6, 6.07) is 12.9. The van der Waals surface area contributed by atoms with E-state index in [0.717, 1.165) is 22.9 Å². The maximum atomic E-state index is 14.1. The van der Waals surface area contributed by atoms with E-state index < -0.39 is 52.2 Å². The Balaban J connectivity index is 1.55. The third-order valence-corrected chi connectivity index (χ3v) is 7.60. The molecule has 2 aliphatic heterocycles. The van der Waals surface area contributed by atoms with Crippen molar-refractivity contribution in [2.75, 3.05) is 26.0 Å². The van der Waals surface area contributed by atoms with Crippen molar-refractivity contribution < 1.29 is 40.8 Å². The van der Waals surface area contributed by atoms with Gasteiger partial charge in [0.2, 0.25) is 0 Å². The van der Waals surface area contributed by atoms with E-state index in [4.69, 9.17) is 18.4 Å². The van der Waals surface area contributed by atoms with E-state index in [2.05, 4.69) is 5.32 Å². The molecule has 2 amide bonds. The predicted molar refractivity (Wildman–Crippen MR) is 153 cm³/mol. The van der Waals surface area contributed by atoms with Gasteiger partial charge in [-0.2, -0.15) is 8.42 Å². The number of carbonyl (C=O) groups excluding carboxylic acids is 2. The minimum Gasteiger partial charge on any atom is -0.444 e. The molecule has 1 N–H and O–H groups in total. The smallest absolute Gasteiger partial charge is 0.407 e. The highest BCUT2D eigenvalue weighted by atomic mass is 32.2. The number of benzene rings is 2. The van der Waals surface area contributed by atoms with Gasteiger partial charge in [0, 0.05) is 13.0 Å². The third-order valence-electron chi connectivity index (χ3n) is 7.03. The average Bonchev–Trinajstić information content (AvgIpc) is 2.91. The number of rotatable bonds is 8. The van der Waals surface area contributed by atoms with Crippen LogP contribution in [-0.4, -0.2) is 81.3 Å². The van der Waals surface area contributed by atoms with E-state index >= 15 is 0 Å². The van der Waals surface area contributed by atoms with Crippen molar-refractivity contribution in [2.24, 2.45) is 0 Å². The Bertz CT molecular complexity index is 1360. The van der Waals surface area contributed by atoms with Gasteiger partial charge in [0.25, 0.3) is 16.0 Å². The summed E-state index contributed by atoms with van der Waals surface area (Å²) in [6.45, 7) is 7.05. The van der Waals surface area contributed by atoms with Gasteiger partial charge in [0.15, 0.2) is 0 Å². The molecule has 2 heterocycles. The number of amides is 2. The summed E-state index contributed by atoms with van der Waals surface area (Å²) in [6.07, 6.45) is -1.23. The number of ether oxygens (including phenoxy) is 3. The number of fused-ring (bicyclic) bond motifs is 1. The normalized spacial score (nSPS) is 23.5. The lowest BCUT2D eigenvalue weighted by Gasteiger charge is -2.42. The number of carbonyl (C=O) groups is 2. The molecule has 0 aliphatic carbocycles. The number of alkyl carbamates (subject to hydrolysis) is 1. The molecule has 2 aliphatic rings. The SMILES string of the molecule is C[C@@H](COS(C)(=O)=O)O[C@H]1CO[C@@H](C(=O)N2CCc3ccccc3[C@@H]2c2ccc(F)cc2)C[C@@H]1NC(=O)OC(C)(C)C. The van der Waals surface area contributed by atoms with Crippen molar-refractivity contribution in [2.45, 2.75) is 76.5 Å². The van der Waals surface area contributed by atoms with Gasteiger partial charge in [-0.25, -0.2) is 9.18 Å². The zero-order chi connectivity index (χ0) is 30.7. The number of nitrogens with zero attached hydrogens (tertiary/aromatic N) is 1. The first kappa shape index (κ1) is 31.9. The van der Waals surface area contributed by atoms with Crippen molar-refractivity contribution in [3.63, 3.8) is 0 Å². The van der Waals surface area contributed by atoms with Gasteiger partial charge in [-0.1, -0.05) is 36.4 Å². The van der Waals surface area contributed by atoms with E-state index in [1.807, 2.05) is 24.3 Å². The second-order valence-electron chi connectivity index (χ2n) is 11.7. The van der Waals surface area contributed by atoms with Crippen LogP contribution < -0.4 is 5.32 Å². The quantitative estimate of drug-likeness (QED) is 0.452.